The van der Waals surface area contributed by atoms with Gasteiger partial charge in [-0.25, -0.2) is 14.5 Å². The standard InChI is InChI=1S/C20H24BrN3O3Si/c1-26-20(25)15-7-5-14(6-8-15)18-17-11-16(21)12-22-19(17)24(23-18)13-27-9-10-28(2,3)4/h5-8,11-12H,9-10,13H2,1-4H3. The molecule has 0 fully saturated rings. The molecule has 6 nitrogen and oxygen atoms in total. The second-order valence-corrected chi connectivity index (χ2v) is 14.3. The molecule has 0 bridgehead atoms. The molecule has 0 saturated heterocycles. The number of rotatable bonds is 7. The highest BCUT2D eigenvalue weighted by Gasteiger charge is 2.16. The van der Waals surface area contributed by atoms with Crippen molar-refractivity contribution >= 4 is 41.0 Å². The molecule has 0 aliphatic rings. The van der Waals surface area contributed by atoms with E-state index in [0.29, 0.717) is 12.3 Å². The van der Waals surface area contributed by atoms with Crippen molar-refractivity contribution in [2.75, 3.05) is 13.7 Å². The van der Waals surface area contributed by atoms with Gasteiger partial charge in [0.15, 0.2) is 5.65 Å². The van der Waals surface area contributed by atoms with Crippen molar-refractivity contribution in [3.8, 4) is 11.3 Å². The molecule has 148 valence electrons. The normalized spacial score (nSPS) is 11.8. The molecule has 0 spiro atoms. The minimum atomic E-state index is -1.14. The number of methoxy groups -OCH3 is 1. The van der Waals surface area contributed by atoms with E-state index in [9.17, 15) is 4.79 Å². The summed E-state index contributed by atoms with van der Waals surface area (Å²) >= 11 is 3.49. The highest BCUT2D eigenvalue weighted by molar-refractivity contribution is 9.10. The van der Waals surface area contributed by atoms with Gasteiger partial charge in [-0.05, 0) is 40.2 Å². The minimum absolute atomic E-state index is 0.357. The van der Waals surface area contributed by atoms with Gasteiger partial charge in [0.2, 0.25) is 0 Å². The fourth-order valence-electron chi connectivity index (χ4n) is 2.75. The molecular weight excluding hydrogens is 438 g/mol. The Kier molecular flexibility index (Phi) is 6.32. The van der Waals surface area contributed by atoms with E-state index in [1.54, 1.807) is 23.0 Å². The quantitative estimate of drug-likeness (QED) is 0.282. The molecule has 0 atom stereocenters. The largest absolute Gasteiger partial charge is 0.465 e. The van der Waals surface area contributed by atoms with Gasteiger partial charge in [0.25, 0.3) is 0 Å². The third-order valence-electron chi connectivity index (χ3n) is 4.34. The SMILES string of the molecule is COC(=O)c1ccc(-c2nn(COCC[Si](C)(C)C)c3ncc(Br)cc23)cc1. The first-order chi connectivity index (χ1) is 13.3. The van der Waals surface area contributed by atoms with Crippen LogP contribution >= 0.6 is 15.9 Å². The minimum Gasteiger partial charge on any atom is -0.465 e. The van der Waals surface area contributed by atoms with Crippen LogP contribution in [0.3, 0.4) is 0 Å². The van der Waals surface area contributed by atoms with Gasteiger partial charge in [0.1, 0.15) is 12.4 Å². The van der Waals surface area contributed by atoms with Crippen molar-refractivity contribution in [2.24, 2.45) is 0 Å². The lowest BCUT2D eigenvalue weighted by Gasteiger charge is -2.15. The first-order valence-electron chi connectivity index (χ1n) is 9.07. The molecule has 3 rings (SSSR count). The number of pyridine rings is 1. The Morgan fingerprint density at radius 1 is 1.21 bits per heavy atom. The maximum Gasteiger partial charge on any atom is 0.337 e. The lowest BCUT2D eigenvalue weighted by molar-refractivity contribution is 0.0600. The fourth-order valence-corrected chi connectivity index (χ4v) is 3.84. The predicted octanol–water partition coefficient (Wildman–Crippen LogP) is 4.96. The zero-order valence-electron chi connectivity index (χ0n) is 16.5. The summed E-state index contributed by atoms with van der Waals surface area (Å²) < 4.78 is 13.3. The molecule has 3 aromatic rings. The van der Waals surface area contributed by atoms with E-state index in [4.69, 9.17) is 14.6 Å². The van der Waals surface area contributed by atoms with Gasteiger partial charge < -0.3 is 9.47 Å². The van der Waals surface area contributed by atoms with E-state index >= 15 is 0 Å². The fraction of sp³-hybridized carbons (Fsp3) is 0.350. The maximum atomic E-state index is 11.7. The molecule has 2 heterocycles. The summed E-state index contributed by atoms with van der Waals surface area (Å²) in [5.74, 6) is -0.359. The van der Waals surface area contributed by atoms with Gasteiger partial charge in [0, 0.05) is 36.3 Å². The van der Waals surface area contributed by atoms with Crippen molar-refractivity contribution in [1.82, 2.24) is 14.8 Å². The topological polar surface area (TPSA) is 66.2 Å². The number of nitrogens with zero attached hydrogens (tertiary/aromatic N) is 3. The van der Waals surface area contributed by atoms with E-state index in [1.807, 2.05) is 18.2 Å². The van der Waals surface area contributed by atoms with E-state index in [1.165, 1.54) is 7.11 Å². The maximum absolute atomic E-state index is 11.7. The zero-order chi connectivity index (χ0) is 20.3. The summed E-state index contributed by atoms with van der Waals surface area (Å²) in [6.45, 7) is 8.06. The molecule has 28 heavy (non-hydrogen) atoms. The Balaban J connectivity index is 1.90. The number of aromatic nitrogens is 3. The Bertz CT molecular complexity index is 981. The van der Waals surface area contributed by atoms with Crippen molar-refractivity contribution in [3.63, 3.8) is 0 Å². The number of fused-ring (bicyclic) bond motifs is 1. The van der Waals surface area contributed by atoms with E-state index in [0.717, 1.165) is 39.4 Å². The number of halogens is 1. The third kappa shape index (κ3) is 4.87. The smallest absolute Gasteiger partial charge is 0.337 e. The average molecular weight is 462 g/mol. The Labute approximate surface area is 174 Å². The van der Waals surface area contributed by atoms with Crippen LogP contribution in [0.2, 0.25) is 25.7 Å². The van der Waals surface area contributed by atoms with Crippen LogP contribution in [0, 0.1) is 0 Å². The number of carbonyl (C=O) groups excluding carboxylic acids is 1. The number of hydrogen-bond acceptors (Lipinski definition) is 5. The van der Waals surface area contributed by atoms with Crippen LogP contribution in [-0.4, -0.2) is 42.5 Å². The average Bonchev–Trinajstić information content (AvgIpc) is 3.01. The highest BCUT2D eigenvalue weighted by atomic mass is 79.9. The summed E-state index contributed by atoms with van der Waals surface area (Å²) in [4.78, 5) is 16.2. The van der Waals surface area contributed by atoms with Gasteiger partial charge in [-0.2, -0.15) is 5.10 Å². The monoisotopic (exact) mass is 461 g/mol. The molecule has 8 heteroatoms. The molecule has 0 radical (unpaired) electrons. The Morgan fingerprint density at radius 3 is 2.57 bits per heavy atom. The predicted molar refractivity (Wildman–Crippen MR) is 116 cm³/mol. The Hall–Kier alpha value is -2.03. The molecule has 0 unspecified atom stereocenters. The summed E-state index contributed by atoms with van der Waals surface area (Å²) in [5.41, 5.74) is 2.97. The van der Waals surface area contributed by atoms with Gasteiger partial charge in [-0.3, -0.25) is 0 Å². The molecule has 0 aliphatic carbocycles. The first kappa shape index (κ1) is 20.7. The van der Waals surface area contributed by atoms with Gasteiger partial charge in [-0.1, -0.05) is 31.8 Å². The molecule has 0 N–H and O–H groups in total. The lowest BCUT2D eigenvalue weighted by Crippen LogP contribution is -2.22. The lowest BCUT2D eigenvalue weighted by atomic mass is 10.1. The van der Waals surface area contributed by atoms with Gasteiger partial charge >= 0.3 is 5.97 Å². The van der Waals surface area contributed by atoms with Crippen LogP contribution in [0.15, 0.2) is 41.0 Å². The number of hydrogen-bond donors (Lipinski definition) is 0. The van der Waals surface area contributed by atoms with Crippen LogP contribution in [0.4, 0.5) is 0 Å². The molecule has 0 saturated carbocycles. The second kappa shape index (κ2) is 8.55. The van der Waals surface area contributed by atoms with Gasteiger partial charge in [-0.15, -0.1) is 0 Å². The van der Waals surface area contributed by atoms with Gasteiger partial charge in [0.05, 0.1) is 12.7 Å². The van der Waals surface area contributed by atoms with Crippen LogP contribution in [0.1, 0.15) is 10.4 Å². The van der Waals surface area contributed by atoms with Crippen molar-refractivity contribution in [2.45, 2.75) is 32.4 Å². The van der Waals surface area contributed by atoms with Crippen LogP contribution in [0.5, 0.6) is 0 Å². The molecule has 1 aromatic carbocycles. The van der Waals surface area contributed by atoms with Crippen molar-refractivity contribution in [3.05, 3.63) is 46.6 Å². The van der Waals surface area contributed by atoms with E-state index < -0.39 is 8.07 Å². The summed E-state index contributed by atoms with van der Waals surface area (Å²) in [7, 11) is 0.236. The van der Waals surface area contributed by atoms with Crippen LogP contribution in [-0.2, 0) is 16.2 Å². The second-order valence-electron chi connectivity index (χ2n) is 7.79. The highest BCUT2D eigenvalue weighted by Crippen LogP contribution is 2.29. The summed E-state index contributed by atoms with van der Waals surface area (Å²) in [6, 6.07) is 10.3. The van der Waals surface area contributed by atoms with Crippen LogP contribution < -0.4 is 0 Å². The van der Waals surface area contributed by atoms with Crippen LogP contribution in [0.25, 0.3) is 22.3 Å². The summed E-state index contributed by atoms with van der Waals surface area (Å²) in [5, 5.41) is 5.66. The molecule has 0 amide bonds. The number of esters is 1. The third-order valence-corrected chi connectivity index (χ3v) is 6.48. The van der Waals surface area contributed by atoms with Crippen molar-refractivity contribution < 1.29 is 14.3 Å². The van der Waals surface area contributed by atoms with Crippen molar-refractivity contribution in [1.29, 1.82) is 0 Å². The van der Waals surface area contributed by atoms with E-state index in [-0.39, 0.29) is 5.97 Å². The number of ether oxygens (including phenoxy) is 2. The number of carbonyl (C=O) groups is 1. The summed E-state index contributed by atoms with van der Waals surface area (Å²) in [6.07, 6.45) is 1.76. The zero-order valence-corrected chi connectivity index (χ0v) is 19.1. The number of benzene rings is 1. The van der Waals surface area contributed by atoms with E-state index in [2.05, 4.69) is 40.6 Å². The Morgan fingerprint density at radius 2 is 1.93 bits per heavy atom. The molecular formula is C20H24BrN3O3Si. The molecule has 0 aliphatic heterocycles. The first-order valence-corrected chi connectivity index (χ1v) is 13.6. The molecule has 2 aromatic heterocycles.